The van der Waals surface area contributed by atoms with E-state index < -0.39 is 11.6 Å². The minimum atomic E-state index is -0.808. The molecule has 0 aliphatic carbocycles. The molecule has 19 heavy (non-hydrogen) atoms. The molecule has 0 aliphatic heterocycles. The molecule has 0 fully saturated rings. The van der Waals surface area contributed by atoms with Gasteiger partial charge >= 0.3 is 5.97 Å². The third kappa shape index (κ3) is 5.18. The summed E-state index contributed by atoms with van der Waals surface area (Å²) >= 11 is 0. The summed E-state index contributed by atoms with van der Waals surface area (Å²) in [6.07, 6.45) is 0.458. The van der Waals surface area contributed by atoms with Crippen molar-refractivity contribution < 1.29 is 19.4 Å². The van der Waals surface area contributed by atoms with Crippen LogP contribution in [0.25, 0.3) is 0 Å². The summed E-state index contributed by atoms with van der Waals surface area (Å²) in [4.78, 5) is 11.8. The van der Waals surface area contributed by atoms with E-state index >= 15 is 0 Å². The molecule has 0 spiro atoms. The third-order valence-corrected chi connectivity index (χ3v) is 2.47. The lowest BCUT2D eigenvalue weighted by molar-refractivity contribution is 0.0505. The Morgan fingerprint density at radius 1 is 1.42 bits per heavy atom. The summed E-state index contributed by atoms with van der Waals surface area (Å²) in [5.41, 5.74) is 5.62. The fourth-order valence-corrected chi connectivity index (χ4v) is 1.45. The molecule has 0 saturated carbocycles. The summed E-state index contributed by atoms with van der Waals surface area (Å²) < 4.78 is 10.5. The smallest absolute Gasteiger partial charge is 0.341 e. The molecule has 0 heterocycles. The maximum atomic E-state index is 11.8. The molecule has 0 unspecified atom stereocenters. The van der Waals surface area contributed by atoms with E-state index in [0.717, 1.165) is 0 Å². The number of carbonyl (C=O) groups excluding carboxylic acids is 1. The summed E-state index contributed by atoms with van der Waals surface area (Å²) in [5, 5.41) is 9.61. The molecule has 0 aromatic heterocycles. The predicted octanol–water partition coefficient (Wildman–Crippen LogP) is 1.99. The highest BCUT2D eigenvalue weighted by Crippen LogP contribution is 2.23. The molecule has 0 amide bonds. The molecule has 5 nitrogen and oxygen atoms in total. The van der Waals surface area contributed by atoms with Crippen LogP contribution >= 0.6 is 0 Å². The number of rotatable bonds is 6. The largest absolute Gasteiger partial charge is 0.493 e. The molecule has 1 aromatic rings. The summed E-state index contributed by atoms with van der Waals surface area (Å²) in [5.74, 6) is -0.0510. The first-order chi connectivity index (χ1) is 8.83. The van der Waals surface area contributed by atoms with Gasteiger partial charge in [-0.05, 0) is 39.0 Å². The number of ether oxygens (including phenoxy) is 2. The van der Waals surface area contributed by atoms with E-state index in [1.54, 1.807) is 32.9 Å². The molecule has 0 radical (unpaired) electrons. The lowest BCUT2D eigenvalue weighted by atomic mass is 10.1. The Kier molecular flexibility index (Phi) is 5.18. The highest BCUT2D eigenvalue weighted by molar-refractivity contribution is 5.93. The van der Waals surface area contributed by atoms with Gasteiger partial charge in [0.15, 0.2) is 0 Å². The van der Waals surface area contributed by atoms with E-state index in [2.05, 4.69) is 0 Å². The van der Waals surface area contributed by atoms with Crippen molar-refractivity contribution in [2.24, 2.45) is 0 Å². The number of hydrogen-bond donors (Lipinski definition) is 2. The van der Waals surface area contributed by atoms with Crippen molar-refractivity contribution in [3.8, 4) is 5.75 Å². The zero-order chi connectivity index (χ0) is 14.5. The van der Waals surface area contributed by atoms with Crippen molar-refractivity contribution in [1.82, 2.24) is 0 Å². The molecular weight excluding hydrogens is 246 g/mol. The van der Waals surface area contributed by atoms with Crippen LogP contribution in [-0.2, 0) is 4.74 Å². The SMILES string of the molecule is CCOC(=O)c1cc(N)ccc1OCCC(C)(C)O. The first kappa shape index (κ1) is 15.3. The lowest BCUT2D eigenvalue weighted by Gasteiger charge is -2.18. The zero-order valence-corrected chi connectivity index (χ0v) is 11.6. The summed E-state index contributed by atoms with van der Waals surface area (Å²) in [6, 6.07) is 4.81. The minimum Gasteiger partial charge on any atom is -0.493 e. The highest BCUT2D eigenvalue weighted by Gasteiger charge is 2.16. The quantitative estimate of drug-likeness (QED) is 0.608. The monoisotopic (exact) mass is 267 g/mol. The topological polar surface area (TPSA) is 81.8 Å². The number of nitrogens with two attached hydrogens (primary N) is 1. The van der Waals surface area contributed by atoms with Gasteiger partial charge in [-0.25, -0.2) is 4.79 Å². The standard InChI is InChI=1S/C14H21NO4/c1-4-18-13(16)11-9-10(15)5-6-12(11)19-8-7-14(2,3)17/h5-6,9,17H,4,7-8,15H2,1-3H3. The van der Waals surface area contributed by atoms with Gasteiger partial charge in [0.1, 0.15) is 11.3 Å². The van der Waals surface area contributed by atoms with E-state index in [1.807, 2.05) is 0 Å². The van der Waals surface area contributed by atoms with Crippen molar-refractivity contribution in [3.05, 3.63) is 23.8 Å². The second-order valence-electron chi connectivity index (χ2n) is 4.89. The van der Waals surface area contributed by atoms with Gasteiger partial charge in [-0.2, -0.15) is 0 Å². The molecule has 0 bridgehead atoms. The Morgan fingerprint density at radius 2 is 2.11 bits per heavy atom. The van der Waals surface area contributed by atoms with Crippen molar-refractivity contribution in [2.75, 3.05) is 18.9 Å². The maximum Gasteiger partial charge on any atom is 0.341 e. The van der Waals surface area contributed by atoms with E-state index in [0.29, 0.717) is 30.0 Å². The number of esters is 1. The fraction of sp³-hybridized carbons (Fsp3) is 0.500. The van der Waals surface area contributed by atoms with Crippen molar-refractivity contribution in [3.63, 3.8) is 0 Å². The second kappa shape index (κ2) is 6.43. The average molecular weight is 267 g/mol. The average Bonchev–Trinajstić information content (AvgIpc) is 2.29. The summed E-state index contributed by atoms with van der Waals surface area (Å²) in [7, 11) is 0. The molecule has 1 aromatic carbocycles. The van der Waals surface area contributed by atoms with E-state index in [9.17, 15) is 9.90 Å². The number of carbonyl (C=O) groups is 1. The van der Waals surface area contributed by atoms with Crippen LogP contribution in [0.3, 0.4) is 0 Å². The molecule has 3 N–H and O–H groups in total. The van der Waals surface area contributed by atoms with Crippen LogP contribution in [0.15, 0.2) is 18.2 Å². The predicted molar refractivity (Wildman–Crippen MR) is 73.2 cm³/mol. The van der Waals surface area contributed by atoms with Crippen LogP contribution in [0.2, 0.25) is 0 Å². The van der Waals surface area contributed by atoms with Crippen molar-refractivity contribution in [2.45, 2.75) is 32.8 Å². The minimum absolute atomic E-state index is 0.288. The molecule has 0 aliphatic rings. The number of nitrogen functional groups attached to an aromatic ring is 1. The Labute approximate surface area is 113 Å². The van der Waals surface area contributed by atoms with Crippen LogP contribution in [0.1, 0.15) is 37.6 Å². The normalized spacial score (nSPS) is 11.2. The van der Waals surface area contributed by atoms with Crippen LogP contribution in [0.4, 0.5) is 5.69 Å². The second-order valence-corrected chi connectivity index (χ2v) is 4.89. The van der Waals surface area contributed by atoms with Gasteiger partial charge in [-0.15, -0.1) is 0 Å². The zero-order valence-electron chi connectivity index (χ0n) is 11.6. The molecule has 5 heteroatoms. The van der Waals surface area contributed by atoms with Gasteiger partial charge in [-0.3, -0.25) is 0 Å². The molecule has 106 valence electrons. The van der Waals surface area contributed by atoms with Gasteiger partial charge in [0, 0.05) is 12.1 Å². The highest BCUT2D eigenvalue weighted by atomic mass is 16.5. The molecule has 0 saturated heterocycles. The first-order valence-corrected chi connectivity index (χ1v) is 6.25. The molecule has 1 rings (SSSR count). The van der Waals surface area contributed by atoms with Gasteiger partial charge < -0.3 is 20.3 Å². The molecule has 0 atom stereocenters. The van der Waals surface area contributed by atoms with Crippen molar-refractivity contribution >= 4 is 11.7 Å². The van der Waals surface area contributed by atoms with E-state index in [-0.39, 0.29) is 6.61 Å². The van der Waals surface area contributed by atoms with Crippen LogP contribution in [-0.4, -0.2) is 29.9 Å². The third-order valence-electron chi connectivity index (χ3n) is 2.47. The number of aliphatic hydroxyl groups is 1. The van der Waals surface area contributed by atoms with E-state index in [1.165, 1.54) is 6.07 Å². The van der Waals surface area contributed by atoms with Crippen LogP contribution in [0.5, 0.6) is 5.75 Å². The Balaban J connectivity index is 2.79. The summed E-state index contributed by atoms with van der Waals surface area (Å²) in [6.45, 7) is 5.73. The Hall–Kier alpha value is -1.75. The number of hydrogen-bond acceptors (Lipinski definition) is 5. The van der Waals surface area contributed by atoms with Crippen LogP contribution in [0, 0.1) is 0 Å². The fourth-order valence-electron chi connectivity index (χ4n) is 1.45. The Morgan fingerprint density at radius 3 is 2.68 bits per heavy atom. The van der Waals surface area contributed by atoms with Gasteiger partial charge in [-0.1, -0.05) is 0 Å². The maximum absolute atomic E-state index is 11.8. The lowest BCUT2D eigenvalue weighted by Crippen LogP contribution is -2.22. The van der Waals surface area contributed by atoms with Gasteiger partial charge in [0.05, 0.1) is 18.8 Å². The van der Waals surface area contributed by atoms with Crippen molar-refractivity contribution in [1.29, 1.82) is 0 Å². The number of benzene rings is 1. The number of anilines is 1. The molecular formula is C14H21NO4. The first-order valence-electron chi connectivity index (χ1n) is 6.25. The Bertz CT molecular complexity index is 438. The van der Waals surface area contributed by atoms with E-state index in [4.69, 9.17) is 15.2 Å². The van der Waals surface area contributed by atoms with Gasteiger partial charge in [0.25, 0.3) is 0 Å². The van der Waals surface area contributed by atoms with Crippen LogP contribution < -0.4 is 10.5 Å². The van der Waals surface area contributed by atoms with Gasteiger partial charge in [0.2, 0.25) is 0 Å².